The van der Waals surface area contributed by atoms with E-state index in [1.807, 2.05) is 19.9 Å². The zero-order valence-electron chi connectivity index (χ0n) is 18.0. The van der Waals surface area contributed by atoms with Gasteiger partial charge in [0.25, 0.3) is 0 Å². The summed E-state index contributed by atoms with van der Waals surface area (Å²) >= 11 is 6.02. The van der Waals surface area contributed by atoms with Crippen molar-refractivity contribution in [2.75, 3.05) is 37.4 Å². The van der Waals surface area contributed by atoms with Crippen LogP contribution in [0.2, 0.25) is 5.02 Å². The molecule has 0 saturated carbocycles. The SMILES string of the molecule is CCOc1ccc(CNC(=O)CN(c2cc(Cl)ccc2OC)S(C)(=O)=O)cc1OCC. The number of carbonyl (C=O) groups excluding carboxylic acids is 1. The number of amides is 1. The van der Waals surface area contributed by atoms with Crippen molar-refractivity contribution in [1.82, 2.24) is 5.32 Å². The van der Waals surface area contributed by atoms with E-state index in [1.165, 1.54) is 13.2 Å². The molecule has 0 spiro atoms. The molecule has 31 heavy (non-hydrogen) atoms. The second kappa shape index (κ2) is 11.1. The molecule has 1 amide bonds. The van der Waals surface area contributed by atoms with Crippen LogP contribution in [0.1, 0.15) is 19.4 Å². The molecular formula is C21H27ClN2O6S. The Morgan fingerprint density at radius 2 is 1.68 bits per heavy atom. The maximum Gasteiger partial charge on any atom is 0.241 e. The number of methoxy groups -OCH3 is 1. The van der Waals surface area contributed by atoms with Crippen molar-refractivity contribution in [3.8, 4) is 17.2 Å². The maximum absolute atomic E-state index is 12.6. The van der Waals surface area contributed by atoms with E-state index in [2.05, 4.69) is 5.32 Å². The lowest BCUT2D eigenvalue weighted by Gasteiger charge is -2.24. The summed E-state index contributed by atoms with van der Waals surface area (Å²) in [5, 5.41) is 3.05. The largest absolute Gasteiger partial charge is 0.495 e. The van der Waals surface area contributed by atoms with Crippen LogP contribution in [-0.2, 0) is 21.4 Å². The average molecular weight is 471 g/mol. The Hall–Kier alpha value is -2.65. The van der Waals surface area contributed by atoms with Crippen molar-refractivity contribution in [3.05, 3.63) is 47.0 Å². The molecule has 0 heterocycles. The summed E-state index contributed by atoms with van der Waals surface area (Å²) in [6, 6.07) is 9.92. The Balaban J connectivity index is 2.16. The van der Waals surface area contributed by atoms with E-state index in [0.717, 1.165) is 16.1 Å². The first-order chi connectivity index (χ1) is 14.7. The summed E-state index contributed by atoms with van der Waals surface area (Å²) in [5.41, 5.74) is 0.971. The molecule has 0 saturated heterocycles. The van der Waals surface area contributed by atoms with Gasteiger partial charge in [-0.15, -0.1) is 0 Å². The van der Waals surface area contributed by atoms with Crippen LogP contribution >= 0.6 is 11.6 Å². The van der Waals surface area contributed by atoms with Crippen LogP contribution in [0.15, 0.2) is 36.4 Å². The van der Waals surface area contributed by atoms with E-state index in [-0.39, 0.29) is 18.0 Å². The van der Waals surface area contributed by atoms with Gasteiger partial charge >= 0.3 is 0 Å². The van der Waals surface area contributed by atoms with E-state index >= 15 is 0 Å². The van der Waals surface area contributed by atoms with Gasteiger partial charge in [0.1, 0.15) is 12.3 Å². The smallest absolute Gasteiger partial charge is 0.241 e. The average Bonchev–Trinajstić information content (AvgIpc) is 2.71. The van der Waals surface area contributed by atoms with Gasteiger partial charge in [-0.3, -0.25) is 9.10 Å². The number of anilines is 1. The van der Waals surface area contributed by atoms with Gasteiger partial charge in [0.05, 0.1) is 32.3 Å². The molecule has 0 unspecified atom stereocenters. The Labute approximate surface area is 188 Å². The Kier molecular flexibility index (Phi) is 8.82. The zero-order valence-corrected chi connectivity index (χ0v) is 19.5. The number of nitrogens with zero attached hydrogens (tertiary/aromatic N) is 1. The second-order valence-electron chi connectivity index (χ2n) is 6.51. The highest BCUT2D eigenvalue weighted by Crippen LogP contribution is 2.32. The molecule has 0 aromatic heterocycles. The third-order valence-corrected chi connectivity index (χ3v) is 5.56. The molecular weight excluding hydrogens is 444 g/mol. The minimum absolute atomic E-state index is 0.187. The van der Waals surface area contributed by atoms with Crippen molar-refractivity contribution < 1.29 is 27.4 Å². The molecule has 0 radical (unpaired) electrons. The molecule has 2 aromatic rings. The van der Waals surface area contributed by atoms with Crippen LogP contribution in [0.4, 0.5) is 5.69 Å². The van der Waals surface area contributed by atoms with Crippen molar-refractivity contribution in [1.29, 1.82) is 0 Å². The van der Waals surface area contributed by atoms with Gasteiger partial charge in [0, 0.05) is 11.6 Å². The van der Waals surface area contributed by atoms with Crippen molar-refractivity contribution in [2.24, 2.45) is 0 Å². The Morgan fingerprint density at radius 3 is 2.29 bits per heavy atom. The summed E-state index contributed by atoms with van der Waals surface area (Å²) in [6.45, 7) is 4.49. The minimum Gasteiger partial charge on any atom is -0.495 e. The molecule has 1 N–H and O–H groups in total. The molecule has 0 aliphatic rings. The number of nitrogens with one attached hydrogen (secondary N) is 1. The molecule has 0 aliphatic heterocycles. The van der Waals surface area contributed by atoms with Crippen LogP contribution in [0.5, 0.6) is 17.2 Å². The molecule has 0 aliphatic carbocycles. The van der Waals surface area contributed by atoms with Crippen LogP contribution in [0.25, 0.3) is 0 Å². The summed E-state index contributed by atoms with van der Waals surface area (Å²) in [7, 11) is -2.36. The number of halogens is 1. The lowest BCUT2D eigenvalue weighted by molar-refractivity contribution is -0.119. The van der Waals surface area contributed by atoms with Crippen molar-refractivity contribution >= 4 is 33.2 Å². The quantitative estimate of drug-likeness (QED) is 0.542. The van der Waals surface area contributed by atoms with Gasteiger partial charge in [0.2, 0.25) is 15.9 Å². The van der Waals surface area contributed by atoms with E-state index < -0.39 is 22.5 Å². The predicted octanol–water partition coefficient (Wildman–Crippen LogP) is 3.23. The summed E-state index contributed by atoms with van der Waals surface area (Å²) in [5.74, 6) is 1.00. The number of carbonyl (C=O) groups is 1. The number of hydrogen-bond donors (Lipinski definition) is 1. The first-order valence-electron chi connectivity index (χ1n) is 9.66. The third-order valence-electron chi connectivity index (χ3n) is 4.19. The predicted molar refractivity (Wildman–Crippen MR) is 121 cm³/mol. The lowest BCUT2D eigenvalue weighted by Crippen LogP contribution is -2.40. The summed E-state index contributed by atoms with van der Waals surface area (Å²) in [4.78, 5) is 12.6. The van der Waals surface area contributed by atoms with Crippen molar-refractivity contribution in [2.45, 2.75) is 20.4 Å². The van der Waals surface area contributed by atoms with Crippen molar-refractivity contribution in [3.63, 3.8) is 0 Å². The summed E-state index contributed by atoms with van der Waals surface area (Å²) in [6.07, 6.45) is 1.02. The van der Waals surface area contributed by atoms with Gasteiger partial charge in [-0.2, -0.15) is 0 Å². The normalized spacial score (nSPS) is 11.0. The van der Waals surface area contributed by atoms with Gasteiger partial charge in [-0.1, -0.05) is 17.7 Å². The van der Waals surface area contributed by atoms with E-state index in [9.17, 15) is 13.2 Å². The van der Waals surface area contributed by atoms with Crippen LogP contribution in [-0.4, -0.2) is 47.4 Å². The fraction of sp³-hybridized carbons (Fsp3) is 0.381. The first-order valence-corrected chi connectivity index (χ1v) is 11.9. The monoisotopic (exact) mass is 470 g/mol. The van der Waals surface area contributed by atoms with E-state index in [0.29, 0.717) is 29.7 Å². The fourth-order valence-electron chi connectivity index (χ4n) is 2.83. The number of benzene rings is 2. The molecule has 170 valence electrons. The number of rotatable bonds is 11. The fourth-order valence-corrected chi connectivity index (χ4v) is 3.85. The molecule has 10 heteroatoms. The molecule has 0 atom stereocenters. The standard InChI is InChI=1S/C21H27ClN2O6S/c1-5-29-19-9-7-15(11-20(19)30-6-2)13-23-21(25)14-24(31(4,26)27)17-12-16(22)8-10-18(17)28-3/h7-12H,5-6,13-14H2,1-4H3,(H,23,25). The first kappa shape index (κ1) is 24.6. The van der Waals surface area contributed by atoms with Gasteiger partial charge in [-0.25, -0.2) is 8.42 Å². The summed E-state index contributed by atoms with van der Waals surface area (Å²) < 4.78 is 42.0. The van der Waals surface area contributed by atoms with Gasteiger partial charge in [0.15, 0.2) is 11.5 Å². The van der Waals surface area contributed by atoms with Gasteiger partial charge < -0.3 is 19.5 Å². The molecule has 8 nitrogen and oxygen atoms in total. The molecule has 0 bridgehead atoms. The maximum atomic E-state index is 12.6. The number of sulfonamides is 1. The number of hydrogen-bond acceptors (Lipinski definition) is 6. The Bertz CT molecular complexity index is 1010. The van der Waals surface area contributed by atoms with Gasteiger partial charge in [-0.05, 0) is 49.7 Å². The van der Waals surface area contributed by atoms with Crippen LogP contribution in [0, 0.1) is 0 Å². The van der Waals surface area contributed by atoms with E-state index in [1.54, 1.807) is 24.3 Å². The van der Waals surface area contributed by atoms with Crippen LogP contribution in [0.3, 0.4) is 0 Å². The lowest BCUT2D eigenvalue weighted by atomic mass is 10.2. The van der Waals surface area contributed by atoms with E-state index in [4.69, 9.17) is 25.8 Å². The minimum atomic E-state index is -3.77. The Morgan fingerprint density at radius 1 is 1.03 bits per heavy atom. The third kappa shape index (κ3) is 6.93. The molecule has 0 fully saturated rings. The highest BCUT2D eigenvalue weighted by molar-refractivity contribution is 7.92. The van der Waals surface area contributed by atoms with Crippen LogP contribution < -0.4 is 23.8 Å². The second-order valence-corrected chi connectivity index (χ2v) is 8.85. The highest BCUT2D eigenvalue weighted by atomic mass is 35.5. The highest BCUT2D eigenvalue weighted by Gasteiger charge is 2.24. The molecule has 2 aromatic carbocycles. The molecule has 2 rings (SSSR count). The topological polar surface area (TPSA) is 94.2 Å². The zero-order chi connectivity index (χ0) is 23.0. The number of ether oxygens (including phenoxy) is 3.